The first-order valence-corrected chi connectivity index (χ1v) is 20.8. The number of allylic oxidation sites excluding steroid dienone is 1. The van der Waals surface area contributed by atoms with Gasteiger partial charge in [0, 0.05) is 56.6 Å². The van der Waals surface area contributed by atoms with E-state index in [0.29, 0.717) is 43.7 Å². The van der Waals surface area contributed by atoms with E-state index in [1.807, 2.05) is 57.5 Å². The number of aliphatic hydroxyl groups is 1. The van der Waals surface area contributed by atoms with Crippen molar-refractivity contribution in [1.82, 2.24) is 30.7 Å². The number of amides is 2. The number of aromatic nitrogens is 1. The number of carbonyl (C=O) groups excluding carboxylic acids is 2. The molecule has 0 saturated carbocycles. The number of amidine groups is 1. The van der Waals surface area contributed by atoms with Gasteiger partial charge in [-0.25, -0.2) is 4.98 Å². The van der Waals surface area contributed by atoms with E-state index < -0.39 is 12.0 Å². The molecule has 2 aliphatic heterocycles. The van der Waals surface area contributed by atoms with Gasteiger partial charge in [0.1, 0.15) is 30.0 Å². The van der Waals surface area contributed by atoms with Gasteiger partial charge in [0.15, 0.2) is 0 Å². The normalized spacial score (nSPS) is 18.9. The second-order valence-corrected chi connectivity index (χ2v) is 16.2. The number of aliphatic hydroxyl groups excluding tert-OH is 1. The van der Waals surface area contributed by atoms with Crippen LogP contribution in [0.5, 0.6) is 5.75 Å². The van der Waals surface area contributed by atoms with Crippen molar-refractivity contribution in [3.8, 4) is 16.2 Å². The number of nitrogens with zero attached hydrogens (tertiary/aromatic N) is 3. The van der Waals surface area contributed by atoms with E-state index in [-0.39, 0.29) is 71.1 Å². The Bertz CT molecular complexity index is 2080. The summed E-state index contributed by atoms with van der Waals surface area (Å²) < 4.78 is 5.68. The third-order valence-electron chi connectivity index (χ3n) is 10.8. The number of benzene rings is 2. The minimum absolute atomic E-state index is 0.0184. The van der Waals surface area contributed by atoms with E-state index in [4.69, 9.17) is 27.0 Å². The molecule has 2 amide bonds. The summed E-state index contributed by atoms with van der Waals surface area (Å²) in [4.78, 5) is 36.7. The lowest BCUT2D eigenvalue weighted by atomic mass is 9.91. The molecule has 0 bridgehead atoms. The highest BCUT2D eigenvalue weighted by Crippen LogP contribution is 2.30. The smallest absolute Gasteiger partial charge is 0.243 e. The van der Waals surface area contributed by atoms with E-state index in [1.54, 1.807) is 53.6 Å². The molecule has 0 spiro atoms. The number of nitrogens with one attached hydrogen (secondary N) is 5. The van der Waals surface area contributed by atoms with Crippen LogP contribution >= 0.6 is 11.3 Å². The molecular formula is C43H58N10O5S. The fourth-order valence-corrected chi connectivity index (χ4v) is 8.28. The molecule has 2 fully saturated rings. The zero-order valence-electron chi connectivity index (χ0n) is 34.4. The van der Waals surface area contributed by atoms with Gasteiger partial charge in [-0.2, -0.15) is 0 Å². The summed E-state index contributed by atoms with van der Waals surface area (Å²) in [7, 11) is 1.60. The van der Waals surface area contributed by atoms with Crippen molar-refractivity contribution in [2.75, 3.05) is 39.8 Å². The second-order valence-electron chi connectivity index (χ2n) is 15.3. The number of rotatable bonds is 16. The molecule has 4 unspecified atom stereocenters. The van der Waals surface area contributed by atoms with Crippen LogP contribution in [0.2, 0.25) is 0 Å². The van der Waals surface area contributed by atoms with Crippen LogP contribution in [0, 0.1) is 29.6 Å². The monoisotopic (exact) mass is 826 g/mol. The van der Waals surface area contributed by atoms with Crippen molar-refractivity contribution < 1.29 is 24.5 Å². The van der Waals surface area contributed by atoms with E-state index >= 15 is 0 Å². The molecule has 4 atom stereocenters. The summed E-state index contributed by atoms with van der Waals surface area (Å²) >= 11 is 1.59. The highest BCUT2D eigenvalue weighted by molar-refractivity contribution is 7.13. The number of carbonyl (C=O) groups is 2. The number of phenols is 1. The van der Waals surface area contributed by atoms with E-state index in [2.05, 4.69) is 25.8 Å². The van der Waals surface area contributed by atoms with Crippen LogP contribution in [-0.4, -0.2) is 100 Å². The standard InChI is InChI=1S/C43H58N10O5S/c1-25(2)38(43(57)53-17-8-10-34(53)42(56)50-26(3)28-12-14-29(15-13-28)40-27(4)49-24-59-40)36(55)22-37(45)58-20-19-52-18-16-30(23-52)51-33(39(46)41(47)48-5)21-32(44)31-9-6-7-11-35(31)54/h6-7,9,11-15,21-22,24-26,30,34,38,45,51,54-55H,8,10,16-20,23,44,46H2,1-5H3,(H2,47,48)(H,50,56)/b32-21-,36-22-,39-33+,45-37?. The molecule has 59 heavy (non-hydrogen) atoms. The largest absolute Gasteiger partial charge is 0.511 e. The fraction of sp³-hybridized carbons (Fsp3) is 0.419. The summed E-state index contributed by atoms with van der Waals surface area (Å²) in [6.07, 6.45) is 4.74. The van der Waals surface area contributed by atoms with E-state index in [0.717, 1.165) is 34.7 Å². The summed E-state index contributed by atoms with van der Waals surface area (Å²) in [6.45, 7) is 9.97. The maximum absolute atomic E-state index is 14.0. The van der Waals surface area contributed by atoms with Gasteiger partial charge in [-0.3, -0.25) is 25.3 Å². The average molecular weight is 827 g/mol. The van der Waals surface area contributed by atoms with Gasteiger partial charge in [-0.15, -0.1) is 11.3 Å². The van der Waals surface area contributed by atoms with Crippen LogP contribution < -0.4 is 27.4 Å². The highest BCUT2D eigenvalue weighted by atomic mass is 32.1. The maximum Gasteiger partial charge on any atom is 0.243 e. The van der Waals surface area contributed by atoms with Crippen LogP contribution in [-0.2, 0) is 14.3 Å². The number of likely N-dealkylation sites (N-methyl/N-ethyl adjacent to an activating group) is 1. The molecule has 3 aromatic rings. The number of phenolic OH excluding ortho intramolecular Hbond substituents is 1. The molecule has 2 aromatic carbocycles. The molecule has 0 aliphatic carbocycles. The van der Waals surface area contributed by atoms with Crippen LogP contribution in [0.15, 0.2) is 83.3 Å². The van der Waals surface area contributed by atoms with Gasteiger partial charge in [-0.1, -0.05) is 50.2 Å². The topological polar surface area (TPSA) is 239 Å². The molecule has 5 rings (SSSR count). The Morgan fingerprint density at radius 1 is 1.07 bits per heavy atom. The molecule has 11 N–H and O–H groups in total. The number of aryl methyl sites for hydroxylation is 1. The fourth-order valence-electron chi connectivity index (χ4n) is 7.47. The van der Waals surface area contributed by atoms with Gasteiger partial charge in [0.25, 0.3) is 0 Å². The number of para-hydroxylation sites is 1. The number of hydrogen-bond acceptors (Lipinski definition) is 13. The third-order valence-corrected chi connectivity index (χ3v) is 11.7. The lowest BCUT2D eigenvalue weighted by Gasteiger charge is -2.30. The Hall–Kier alpha value is -5.87. The lowest BCUT2D eigenvalue weighted by Crippen LogP contribution is -2.49. The summed E-state index contributed by atoms with van der Waals surface area (Å²) in [5.41, 5.74) is 18.8. The lowest BCUT2D eigenvalue weighted by molar-refractivity contribution is -0.142. The predicted octanol–water partition coefficient (Wildman–Crippen LogP) is 4.73. The van der Waals surface area contributed by atoms with Crippen LogP contribution in [0.3, 0.4) is 0 Å². The van der Waals surface area contributed by atoms with Gasteiger partial charge in [0.05, 0.1) is 39.4 Å². The molecule has 1 aromatic heterocycles. The van der Waals surface area contributed by atoms with Crippen LogP contribution in [0.1, 0.15) is 62.9 Å². The first-order valence-electron chi connectivity index (χ1n) is 19.9. The third kappa shape index (κ3) is 11.2. The van der Waals surface area contributed by atoms with E-state index in [9.17, 15) is 19.8 Å². The SMILES string of the molecule is CNC(=N)/C(N)=C(/C=C(\N)c1ccccc1O)NC1CCN(CCOC(=N)/C=C(\O)C(C(=O)N2CCCC2C(=O)NC(C)c2ccc(-c3scnc3C)cc2)C(C)C)C1. The Kier molecular flexibility index (Phi) is 15.1. The van der Waals surface area contributed by atoms with Gasteiger partial charge in [-0.05, 0) is 68.4 Å². The summed E-state index contributed by atoms with van der Waals surface area (Å²) in [6, 6.07) is 13.8. The molecule has 2 saturated heterocycles. The van der Waals surface area contributed by atoms with Crippen molar-refractivity contribution in [3.05, 3.63) is 100 Å². The first-order chi connectivity index (χ1) is 28.2. The minimum Gasteiger partial charge on any atom is -0.511 e. The Labute approximate surface area is 350 Å². The van der Waals surface area contributed by atoms with Crippen LogP contribution in [0.4, 0.5) is 0 Å². The van der Waals surface area contributed by atoms with Crippen molar-refractivity contribution in [2.45, 2.75) is 65.1 Å². The number of nitrogens with two attached hydrogens (primary N) is 2. The maximum atomic E-state index is 14.0. The predicted molar refractivity (Wildman–Crippen MR) is 233 cm³/mol. The quantitative estimate of drug-likeness (QED) is 0.0414. The van der Waals surface area contributed by atoms with E-state index in [1.165, 1.54) is 6.08 Å². The average Bonchev–Trinajstić information content (AvgIpc) is 3.99. The van der Waals surface area contributed by atoms with Gasteiger partial charge >= 0.3 is 0 Å². The van der Waals surface area contributed by atoms with Crippen molar-refractivity contribution in [3.63, 3.8) is 0 Å². The molecule has 316 valence electrons. The Morgan fingerprint density at radius 3 is 2.46 bits per heavy atom. The Morgan fingerprint density at radius 2 is 1.80 bits per heavy atom. The highest BCUT2D eigenvalue weighted by Gasteiger charge is 2.40. The molecule has 16 heteroatoms. The molecule has 15 nitrogen and oxygen atoms in total. The number of ether oxygens (including phenoxy) is 1. The van der Waals surface area contributed by atoms with Crippen LogP contribution in [0.25, 0.3) is 16.1 Å². The zero-order valence-corrected chi connectivity index (χ0v) is 35.2. The molecule has 3 heterocycles. The van der Waals surface area contributed by atoms with Crippen molar-refractivity contribution in [2.24, 2.45) is 23.3 Å². The number of hydrogen-bond donors (Lipinski definition) is 9. The molecular weight excluding hydrogens is 769 g/mol. The molecule has 0 radical (unpaired) electrons. The number of thiazole rings is 1. The second kappa shape index (κ2) is 20.2. The van der Waals surface area contributed by atoms with Gasteiger partial charge < -0.3 is 47.3 Å². The first kappa shape index (κ1) is 44.2. The summed E-state index contributed by atoms with van der Waals surface area (Å²) in [5.74, 6) is -2.37. The number of aromatic hydroxyl groups is 1. The minimum atomic E-state index is -0.953. The van der Waals surface area contributed by atoms with Crippen molar-refractivity contribution in [1.29, 1.82) is 10.8 Å². The Balaban J connectivity index is 1.13. The summed E-state index contributed by atoms with van der Waals surface area (Å²) in [5, 5.41) is 47.4. The van der Waals surface area contributed by atoms with Crippen molar-refractivity contribution >= 4 is 40.6 Å². The zero-order chi connectivity index (χ0) is 42.8. The molecule has 2 aliphatic rings. The number of likely N-dealkylation sites (tertiary alicyclic amines) is 2. The van der Waals surface area contributed by atoms with Gasteiger partial charge in [0.2, 0.25) is 17.7 Å².